The minimum Gasteiger partial charge on any atom is -0.480 e. The molecule has 0 bridgehead atoms. The molecule has 90 valence electrons. The molecule has 0 aliphatic heterocycles. The van der Waals surface area contributed by atoms with E-state index >= 15 is 0 Å². The number of rotatable bonds is 4. The summed E-state index contributed by atoms with van der Waals surface area (Å²) < 4.78 is 1.02. The fourth-order valence-electron chi connectivity index (χ4n) is 1.25. The predicted octanol–water partition coefficient (Wildman–Crippen LogP) is 2.59. The Labute approximate surface area is 114 Å². The molecule has 0 aliphatic rings. The Bertz CT molecular complexity index is 538. The maximum atomic E-state index is 10.6. The molecule has 0 aromatic carbocycles. The normalized spacial score (nSPS) is 12.6. The fraction of sp³-hybridized carbons (Fsp3) is 0.200. The maximum absolute atomic E-state index is 10.6. The van der Waals surface area contributed by atoms with Gasteiger partial charge in [-0.05, 0) is 22.0 Å². The molecule has 2 aromatic heterocycles. The molecule has 1 unspecified atom stereocenters. The van der Waals surface area contributed by atoms with Crippen molar-refractivity contribution in [3.63, 3.8) is 0 Å². The van der Waals surface area contributed by atoms with Gasteiger partial charge in [-0.25, -0.2) is 4.98 Å². The molecule has 4 nitrogen and oxygen atoms in total. The summed E-state index contributed by atoms with van der Waals surface area (Å²) in [6, 6.07) is 1.10. The van der Waals surface area contributed by atoms with E-state index in [0.717, 1.165) is 20.1 Å². The van der Waals surface area contributed by atoms with Crippen LogP contribution in [0.1, 0.15) is 5.69 Å². The molecule has 2 rings (SSSR count). The number of halogens is 1. The maximum Gasteiger partial charge on any atom is 0.320 e. The molecular formula is C10H9BrN2O2S2. The third-order valence-electron chi connectivity index (χ3n) is 2.08. The van der Waals surface area contributed by atoms with Crippen LogP contribution in [-0.4, -0.2) is 22.1 Å². The van der Waals surface area contributed by atoms with Crippen molar-refractivity contribution in [2.24, 2.45) is 5.73 Å². The molecule has 0 aliphatic carbocycles. The SMILES string of the molecule is NC(Cc1csc(-c2cc(Br)cs2)n1)C(=O)O. The van der Waals surface area contributed by atoms with E-state index in [0.29, 0.717) is 0 Å². The van der Waals surface area contributed by atoms with Gasteiger partial charge in [0, 0.05) is 21.7 Å². The van der Waals surface area contributed by atoms with Crippen LogP contribution in [-0.2, 0) is 11.2 Å². The fourth-order valence-corrected chi connectivity index (χ4v) is 3.59. The molecule has 0 fully saturated rings. The molecule has 0 saturated heterocycles. The Kier molecular flexibility index (Phi) is 3.93. The smallest absolute Gasteiger partial charge is 0.320 e. The van der Waals surface area contributed by atoms with Gasteiger partial charge in [0.1, 0.15) is 11.0 Å². The number of hydrogen-bond acceptors (Lipinski definition) is 5. The Morgan fingerprint density at radius 3 is 2.88 bits per heavy atom. The van der Waals surface area contributed by atoms with E-state index in [1.165, 1.54) is 11.3 Å². The average Bonchev–Trinajstić information content (AvgIpc) is 2.86. The molecule has 1 atom stereocenters. The summed E-state index contributed by atoms with van der Waals surface area (Å²) in [7, 11) is 0. The van der Waals surface area contributed by atoms with Crippen LogP contribution in [0.3, 0.4) is 0 Å². The van der Waals surface area contributed by atoms with Crippen molar-refractivity contribution < 1.29 is 9.90 Å². The number of hydrogen-bond donors (Lipinski definition) is 2. The molecule has 2 aromatic rings. The summed E-state index contributed by atoms with van der Waals surface area (Å²) >= 11 is 6.48. The molecular weight excluding hydrogens is 324 g/mol. The van der Waals surface area contributed by atoms with Crippen LogP contribution in [0.2, 0.25) is 0 Å². The second-order valence-corrected chi connectivity index (χ2v) is 6.11. The highest BCUT2D eigenvalue weighted by Gasteiger charge is 2.15. The van der Waals surface area contributed by atoms with Gasteiger partial charge in [-0.3, -0.25) is 4.79 Å². The topological polar surface area (TPSA) is 76.2 Å². The van der Waals surface area contributed by atoms with Gasteiger partial charge in [0.15, 0.2) is 0 Å². The number of thiophene rings is 1. The van der Waals surface area contributed by atoms with Gasteiger partial charge in [-0.15, -0.1) is 22.7 Å². The van der Waals surface area contributed by atoms with Crippen LogP contribution in [0.15, 0.2) is 21.3 Å². The minimum absolute atomic E-state index is 0.262. The first-order valence-corrected chi connectivity index (χ1v) is 7.28. The van der Waals surface area contributed by atoms with Gasteiger partial charge < -0.3 is 10.8 Å². The zero-order valence-electron chi connectivity index (χ0n) is 8.59. The van der Waals surface area contributed by atoms with Crippen LogP contribution in [0.4, 0.5) is 0 Å². The van der Waals surface area contributed by atoms with Crippen molar-refractivity contribution in [2.45, 2.75) is 12.5 Å². The van der Waals surface area contributed by atoms with E-state index in [9.17, 15) is 4.79 Å². The van der Waals surface area contributed by atoms with E-state index in [-0.39, 0.29) is 6.42 Å². The number of aromatic nitrogens is 1. The molecule has 0 saturated carbocycles. The zero-order chi connectivity index (χ0) is 12.4. The quantitative estimate of drug-likeness (QED) is 0.902. The first kappa shape index (κ1) is 12.7. The second kappa shape index (κ2) is 5.26. The Balaban J connectivity index is 2.13. The molecule has 3 N–H and O–H groups in total. The Hall–Kier alpha value is -0.760. The number of aliphatic carboxylic acids is 1. The molecule has 0 radical (unpaired) electrons. The van der Waals surface area contributed by atoms with Crippen LogP contribution >= 0.6 is 38.6 Å². The summed E-state index contributed by atoms with van der Waals surface area (Å²) in [5.41, 5.74) is 6.19. The van der Waals surface area contributed by atoms with Crippen molar-refractivity contribution in [1.82, 2.24) is 4.98 Å². The van der Waals surface area contributed by atoms with E-state index in [1.54, 1.807) is 11.3 Å². The van der Waals surface area contributed by atoms with Crippen LogP contribution < -0.4 is 5.73 Å². The van der Waals surface area contributed by atoms with E-state index in [4.69, 9.17) is 10.8 Å². The summed E-state index contributed by atoms with van der Waals surface area (Å²) in [4.78, 5) is 16.1. The van der Waals surface area contributed by atoms with Crippen molar-refractivity contribution in [3.05, 3.63) is 27.0 Å². The third kappa shape index (κ3) is 3.12. The van der Waals surface area contributed by atoms with E-state index < -0.39 is 12.0 Å². The highest BCUT2D eigenvalue weighted by atomic mass is 79.9. The first-order valence-electron chi connectivity index (χ1n) is 4.73. The van der Waals surface area contributed by atoms with Gasteiger partial charge in [0.25, 0.3) is 0 Å². The number of thiazole rings is 1. The monoisotopic (exact) mass is 332 g/mol. The molecule has 17 heavy (non-hydrogen) atoms. The first-order chi connectivity index (χ1) is 8.06. The van der Waals surface area contributed by atoms with Crippen LogP contribution in [0, 0.1) is 0 Å². The predicted molar refractivity (Wildman–Crippen MR) is 72.4 cm³/mol. The summed E-state index contributed by atoms with van der Waals surface area (Å²) in [6.07, 6.45) is 0.262. The van der Waals surface area contributed by atoms with E-state index in [1.807, 2.05) is 16.8 Å². The second-order valence-electron chi connectivity index (χ2n) is 3.42. The Morgan fingerprint density at radius 1 is 1.53 bits per heavy atom. The number of carboxylic acid groups (broad SMARTS) is 1. The molecule has 2 heterocycles. The van der Waals surface area contributed by atoms with Crippen molar-refractivity contribution >= 4 is 44.6 Å². The third-order valence-corrected chi connectivity index (χ3v) is 4.83. The number of nitrogens with zero attached hydrogens (tertiary/aromatic N) is 1. The number of carbonyl (C=O) groups is 1. The molecule has 7 heteroatoms. The van der Waals surface area contributed by atoms with Crippen LogP contribution in [0.5, 0.6) is 0 Å². The van der Waals surface area contributed by atoms with E-state index in [2.05, 4.69) is 20.9 Å². The lowest BCUT2D eigenvalue weighted by atomic mass is 10.2. The summed E-state index contributed by atoms with van der Waals surface area (Å²) in [5.74, 6) is -1.00. The number of nitrogens with two attached hydrogens (primary N) is 1. The van der Waals surface area contributed by atoms with Crippen molar-refractivity contribution in [2.75, 3.05) is 0 Å². The van der Waals surface area contributed by atoms with Gasteiger partial charge in [0.05, 0.1) is 10.6 Å². The largest absolute Gasteiger partial charge is 0.480 e. The lowest BCUT2D eigenvalue weighted by Gasteiger charge is -2.01. The van der Waals surface area contributed by atoms with Crippen molar-refractivity contribution in [3.8, 4) is 9.88 Å². The highest BCUT2D eigenvalue weighted by Crippen LogP contribution is 2.32. The standard InChI is InChI=1S/C10H9BrN2O2S2/c11-5-1-8(16-3-5)9-13-6(4-17-9)2-7(12)10(14)15/h1,3-4,7H,2,12H2,(H,14,15). The highest BCUT2D eigenvalue weighted by molar-refractivity contribution is 9.10. The number of carboxylic acids is 1. The molecule has 0 amide bonds. The summed E-state index contributed by atoms with van der Waals surface area (Å²) in [6.45, 7) is 0. The minimum atomic E-state index is -1.00. The van der Waals surface area contributed by atoms with Gasteiger partial charge in [-0.2, -0.15) is 0 Å². The lowest BCUT2D eigenvalue weighted by Crippen LogP contribution is -2.32. The lowest BCUT2D eigenvalue weighted by molar-refractivity contribution is -0.138. The van der Waals surface area contributed by atoms with Gasteiger partial charge in [0.2, 0.25) is 0 Å². The van der Waals surface area contributed by atoms with Gasteiger partial charge in [-0.1, -0.05) is 0 Å². The summed E-state index contributed by atoms with van der Waals surface area (Å²) in [5, 5.41) is 13.5. The zero-order valence-corrected chi connectivity index (χ0v) is 11.8. The van der Waals surface area contributed by atoms with Gasteiger partial charge >= 0.3 is 5.97 Å². The Morgan fingerprint density at radius 2 is 2.29 bits per heavy atom. The molecule has 0 spiro atoms. The van der Waals surface area contributed by atoms with Crippen molar-refractivity contribution in [1.29, 1.82) is 0 Å². The van der Waals surface area contributed by atoms with Crippen LogP contribution in [0.25, 0.3) is 9.88 Å². The average molecular weight is 333 g/mol.